The van der Waals surface area contributed by atoms with Gasteiger partial charge in [-0.3, -0.25) is 4.79 Å². The topological polar surface area (TPSA) is 78.3 Å². The molecule has 2 aromatic carbocycles. The predicted molar refractivity (Wildman–Crippen MR) is 125 cm³/mol. The Hall–Kier alpha value is -3.61. The first-order valence-electron chi connectivity index (χ1n) is 11.3. The number of aromatic nitrogens is 3. The van der Waals surface area contributed by atoms with Crippen molar-refractivity contribution in [1.82, 2.24) is 14.8 Å². The van der Waals surface area contributed by atoms with Gasteiger partial charge in [0.25, 0.3) is 0 Å². The van der Waals surface area contributed by atoms with E-state index in [4.69, 9.17) is 9.47 Å². The highest BCUT2D eigenvalue weighted by Gasteiger charge is 2.41. The number of hydrogen-bond acceptors (Lipinski definition) is 6. The predicted octanol–water partition coefficient (Wildman–Crippen LogP) is 4.91. The van der Waals surface area contributed by atoms with Crippen molar-refractivity contribution in [3.8, 4) is 11.5 Å². The van der Waals surface area contributed by atoms with Crippen LogP contribution in [0.4, 0.5) is 5.95 Å². The van der Waals surface area contributed by atoms with E-state index < -0.39 is 0 Å². The number of carbonyl (C=O) groups is 1. The fourth-order valence-electron chi connectivity index (χ4n) is 4.67. The molecule has 7 nitrogen and oxygen atoms in total. The molecule has 170 valence electrons. The second-order valence-electron chi connectivity index (χ2n) is 9.30. The summed E-state index contributed by atoms with van der Waals surface area (Å²) in [5, 5.41) is 7.78. The van der Waals surface area contributed by atoms with Crippen LogP contribution in [0.15, 0.2) is 66.1 Å². The minimum Gasteiger partial charge on any atom is -0.490 e. The van der Waals surface area contributed by atoms with Crippen LogP contribution in [-0.2, 0) is 11.4 Å². The lowest BCUT2D eigenvalue weighted by molar-refractivity contribution is -0.118. The third-order valence-corrected chi connectivity index (χ3v) is 6.09. The monoisotopic (exact) mass is 444 g/mol. The van der Waals surface area contributed by atoms with Gasteiger partial charge in [-0.2, -0.15) is 10.1 Å². The Morgan fingerprint density at radius 2 is 1.91 bits per heavy atom. The molecule has 2 heterocycles. The highest BCUT2D eigenvalue weighted by atomic mass is 16.5. The van der Waals surface area contributed by atoms with Crippen molar-refractivity contribution >= 4 is 11.7 Å². The van der Waals surface area contributed by atoms with Crippen molar-refractivity contribution in [1.29, 1.82) is 0 Å². The number of anilines is 1. The molecule has 1 atom stereocenters. The number of fused-ring (bicyclic) bond motifs is 1. The van der Waals surface area contributed by atoms with Crippen LogP contribution >= 0.6 is 0 Å². The molecule has 2 aliphatic rings. The zero-order chi connectivity index (χ0) is 23.0. The first-order valence-corrected chi connectivity index (χ1v) is 11.3. The lowest BCUT2D eigenvalue weighted by atomic mass is 9.73. The zero-order valence-corrected chi connectivity index (χ0v) is 19.2. The zero-order valence-electron chi connectivity index (χ0n) is 19.2. The van der Waals surface area contributed by atoms with Crippen LogP contribution in [0.2, 0.25) is 0 Å². The van der Waals surface area contributed by atoms with Crippen molar-refractivity contribution in [2.75, 3.05) is 11.9 Å². The Morgan fingerprint density at radius 1 is 1.09 bits per heavy atom. The van der Waals surface area contributed by atoms with Crippen LogP contribution < -0.4 is 14.8 Å². The fraction of sp³-hybridized carbons (Fsp3) is 0.346. The number of carbonyl (C=O) groups excluding carboxylic acids is 1. The van der Waals surface area contributed by atoms with E-state index in [9.17, 15) is 4.79 Å². The van der Waals surface area contributed by atoms with Crippen LogP contribution in [-0.4, -0.2) is 27.2 Å². The minimum absolute atomic E-state index is 0.0960. The lowest BCUT2D eigenvalue weighted by Gasteiger charge is -2.38. The van der Waals surface area contributed by atoms with E-state index >= 15 is 0 Å². The van der Waals surface area contributed by atoms with E-state index in [0.29, 0.717) is 37.1 Å². The largest absolute Gasteiger partial charge is 0.490 e. The summed E-state index contributed by atoms with van der Waals surface area (Å²) in [6, 6.07) is 15.5. The van der Waals surface area contributed by atoms with Crippen molar-refractivity contribution in [3.05, 3.63) is 77.3 Å². The molecule has 33 heavy (non-hydrogen) atoms. The van der Waals surface area contributed by atoms with Gasteiger partial charge in [0.15, 0.2) is 17.3 Å². The maximum Gasteiger partial charge on any atom is 0.226 e. The molecule has 1 aliphatic carbocycles. The van der Waals surface area contributed by atoms with Gasteiger partial charge in [0, 0.05) is 17.7 Å². The van der Waals surface area contributed by atoms with Crippen LogP contribution in [0.25, 0.3) is 0 Å². The summed E-state index contributed by atoms with van der Waals surface area (Å²) < 4.78 is 13.8. The van der Waals surface area contributed by atoms with E-state index in [0.717, 1.165) is 28.8 Å². The van der Waals surface area contributed by atoms with Crippen molar-refractivity contribution < 1.29 is 14.3 Å². The van der Waals surface area contributed by atoms with Gasteiger partial charge >= 0.3 is 0 Å². The summed E-state index contributed by atoms with van der Waals surface area (Å²) in [6.07, 6.45) is 2.81. The van der Waals surface area contributed by atoms with E-state index in [1.54, 1.807) is 4.68 Å². The normalized spacial score (nSPS) is 18.9. The number of hydrogen-bond donors (Lipinski definition) is 1. The molecule has 0 spiro atoms. The maximum atomic E-state index is 13.3. The SMILES string of the molecule is CCOc1cc([C@@H]2C3=C(CC(C)(C)CC3=O)Nc3ncnn32)ccc1OCc1ccccc1. The molecule has 0 unspecified atom stereocenters. The highest BCUT2D eigenvalue weighted by molar-refractivity contribution is 6.00. The number of rotatable bonds is 6. The van der Waals surface area contributed by atoms with Gasteiger partial charge in [0.05, 0.1) is 6.61 Å². The van der Waals surface area contributed by atoms with Crippen LogP contribution in [0, 0.1) is 5.41 Å². The molecule has 5 rings (SSSR count). The number of allylic oxidation sites excluding steroid dienone is 2. The molecule has 7 heteroatoms. The Morgan fingerprint density at radius 3 is 2.70 bits per heavy atom. The van der Waals surface area contributed by atoms with E-state index in [2.05, 4.69) is 29.2 Å². The average Bonchev–Trinajstić information content (AvgIpc) is 3.25. The lowest BCUT2D eigenvalue weighted by Crippen LogP contribution is -2.36. The smallest absolute Gasteiger partial charge is 0.226 e. The summed E-state index contributed by atoms with van der Waals surface area (Å²) in [5.41, 5.74) is 3.59. The number of ketones is 1. The van der Waals surface area contributed by atoms with Crippen molar-refractivity contribution in [3.63, 3.8) is 0 Å². The van der Waals surface area contributed by atoms with Gasteiger partial charge in [-0.15, -0.1) is 0 Å². The fourth-order valence-corrected chi connectivity index (χ4v) is 4.67. The Balaban J connectivity index is 1.53. The van der Waals surface area contributed by atoms with Crippen LogP contribution in [0.5, 0.6) is 11.5 Å². The average molecular weight is 445 g/mol. The molecular weight excluding hydrogens is 416 g/mol. The van der Waals surface area contributed by atoms with E-state index in [1.165, 1.54) is 6.33 Å². The number of nitrogens with zero attached hydrogens (tertiary/aromatic N) is 3. The third kappa shape index (κ3) is 4.11. The van der Waals surface area contributed by atoms with E-state index in [-0.39, 0.29) is 17.2 Å². The quantitative estimate of drug-likeness (QED) is 0.582. The van der Waals surface area contributed by atoms with Gasteiger partial charge in [0.2, 0.25) is 5.95 Å². The standard InChI is InChI=1S/C26H28N4O3/c1-4-32-22-12-18(10-11-21(22)33-15-17-8-6-5-7-9-17)24-23-19(13-26(2,3)14-20(23)31)29-25-27-16-28-30(24)25/h5-12,16,24H,4,13-15H2,1-3H3,(H,27,28,29)/t24-/m1/s1. The summed E-state index contributed by atoms with van der Waals surface area (Å²) in [4.78, 5) is 17.7. The molecule has 0 saturated carbocycles. The maximum absolute atomic E-state index is 13.3. The molecule has 0 fully saturated rings. The molecule has 0 saturated heterocycles. The second kappa shape index (κ2) is 8.39. The molecule has 1 N–H and O–H groups in total. The Kier molecular flexibility index (Phi) is 5.40. The molecule has 1 aromatic heterocycles. The first kappa shape index (κ1) is 21.2. The molecule has 3 aromatic rings. The molecule has 0 radical (unpaired) electrons. The van der Waals surface area contributed by atoms with E-state index in [1.807, 2.05) is 55.5 Å². The Labute approximate surface area is 193 Å². The molecular formula is C26H28N4O3. The molecule has 1 aliphatic heterocycles. The van der Waals surface area contributed by atoms with Crippen LogP contribution in [0.1, 0.15) is 50.8 Å². The second-order valence-corrected chi connectivity index (χ2v) is 9.30. The summed E-state index contributed by atoms with van der Waals surface area (Å²) in [5.74, 6) is 2.10. The number of Topliss-reactive ketones (excluding diaryl/α,β-unsaturated/α-hetero) is 1. The summed E-state index contributed by atoms with van der Waals surface area (Å²) in [7, 11) is 0. The van der Waals surface area contributed by atoms with Gasteiger partial charge < -0.3 is 14.8 Å². The highest BCUT2D eigenvalue weighted by Crippen LogP contribution is 2.46. The van der Waals surface area contributed by atoms with Gasteiger partial charge in [-0.05, 0) is 42.0 Å². The van der Waals surface area contributed by atoms with Crippen molar-refractivity contribution in [2.24, 2.45) is 5.41 Å². The van der Waals surface area contributed by atoms with Gasteiger partial charge in [-0.25, -0.2) is 4.68 Å². The molecule has 0 amide bonds. The minimum atomic E-state index is -0.357. The third-order valence-electron chi connectivity index (χ3n) is 6.09. The number of ether oxygens (including phenoxy) is 2. The number of nitrogens with one attached hydrogen (secondary N) is 1. The Bertz CT molecular complexity index is 1210. The van der Waals surface area contributed by atoms with Gasteiger partial charge in [0.1, 0.15) is 19.0 Å². The molecule has 0 bridgehead atoms. The van der Waals surface area contributed by atoms with Gasteiger partial charge in [-0.1, -0.05) is 50.2 Å². The number of benzene rings is 2. The summed E-state index contributed by atoms with van der Waals surface area (Å²) >= 11 is 0. The summed E-state index contributed by atoms with van der Waals surface area (Å²) in [6.45, 7) is 7.14. The van der Waals surface area contributed by atoms with Crippen molar-refractivity contribution in [2.45, 2.75) is 46.3 Å². The van der Waals surface area contributed by atoms with Crippen LogP contribution in [0.3, 0.4) is 0 Å². The first-order chi connectivity index (χ1) is 15.9.